The molecule has 0 aliphatic carbocycles. The van der Waals surface area contributed by atoms with Crippen molar-refractivity contribution in [3.8, 4) is 0 Å². The highest BCUT2D eigenvalue weighted by molar-refractivity contribution is 6.95. The molecule has 1 aliphatic rings. The number of hydrogen-bond donors (Lipinski definition) is 0. The Labute approximate surface area is 680 Å². The maximum absolute atomic E-state index is 10.8. The lowest BCUT2D eigenvalue weighted by Crippen LogP contribution is -2.64. The Morgan fingerprint density at radius 3 is 0.679 bits per heavy atom. The summed E-state index contributed by atoms with van der Waals surface area (Å²) >= 11 is 0. The molecule has 1 rings (SSSR count). The molecule has 38 heteroatoms. The summed E-state index contributed by atoms with van der Waals surface area (Å²) < 4.78 is 143. The first-order chi connectivity index (χ1) is 50.5. The van der Waals surface area contributed by atoms with Gasteiger partial charge in [0.15, 0.2) is 16.6 Å². The van der Waals surface area contributed by atoms with E-state index in [-0.39, 0.29) is 6.10 Å². The predicted molar refractivity (Wildman–Crippen MR) is 472 cm³/mol. The molecule has 0 saturated carbocycles. The molecule has 0 bridgehead atoms. The molecule has 109 heavy (non-hydrogen) atoms. The fraction of sp³-hybridized carbons (Fsp3) is 0.958. The molecule has 0 N–H and O–H groups in total. The van der Waals surface area contributed by atoms with Gasteiger partial charge in [-0.25, -0.2) is 0 Å². The number of unbranched alkanes of at least 4 members (excludes halogenated alkanes) is 15. The van der Waals surface area contributed by atoms with Crippen molar-refractivity contribution in [2.24, 2.45) is 0 Å². The maximum Gasteiger partial charge on any atom is 0.317 e. The zero-order valence-electron chi connectivity index (χ0n) is 74.1. The molecule has 1 saturated heterocycles. The first-order valence-electron chi connectivity index (χ1n) is 41.5. The van der Waals surface area contributed by atoms with Gasteiger partial charge in [0.1, 0.15) is 25.0 Å². The van der Waals surface area contributed by atoms with Crippen molar-refractivity contribution < 1.29 is 106 Å². The first-order valence-corrected chi connectivity index (χ1v) is 81.0. The topological polar surface area (TPSA) is 248 Å². The minimum Gasteiger partial charge on any atom is -0.437 e. The van der Waals surface area contributed by atoms with Crippen molar-refractivity contribution in [1.29, 1.82) is 0 Å². The van der Waals surface area contributed by atoms with Gasteiger partial charge in [0, 0.05) is 65.5 Å². The minimum atomic E-state index is -3.40. The number of hydrogen-bond acceptors (Lipinski definition) is 24. The van der Waals surface area contributed by atoms with Crippen LogP contribution in [-0.4, -0.2) is 243 Å². The highest BCUT2D eigenvalue weighted by Gasteiger charge is 2.55. The van der Waals surface area contributed by atoms with Crippen molar-refractivity contribution in [3.05, 3.63) is 0 Å². The summed E-state index contributed by atoms with van der Waals surface area (Å²) in [5, 5.41) is 0. The van der Waals surface area contributed by atoms with Crippen molar-refractivity contribution in [2.75, 3.05) is 99.1 Å². The van der Waals surface area contributed by atoms with Crippen LogP contribution < -0.4 is 0 Å². The summed E-state index contributed by atoms with van der Waals surface area (Å²) in [6, 6.07) is 2.56. The SMILES string of the molecule is C[Si](C)(C)O[Si](C)(C)O[Si](C)(C)O[Si](C)(C)O[Si](C)(C)O[Si](C)(C)O[Si](C)(C)O[Si](C)(C)O[Si](C)(C)O[Si](C)(CCCOCCOCCCCCCCC=O)O[Si](C)(CCCOCCOCCCCCCCC=O)O[Si](C)(CCCOCCOCCCCCCCC=O)O[Si](C)(CCCOCC1CO1)O[Si](C)(C)C. The molecular weight excluding hydrogens is 1630 g/mol. The third-order valence-electron chi connectivity index (χ3n) is 16.6. The molecule has 1 fully saturated rings. The normalized spacial score (nSPS) is 17.0. The Morgan fingerprint density at radius 2 is 0.431 bits per heavy atom. The zero-order chi connectivity index (χ0) is 82.5. The lowest BCUT2D eigenvalue weighted by Gasteiger charge is -2.47. The molecule has 24 nitrogen and oxygen atoms in total. The van der Waals surface area contributed by atoms with E-state index in [0.29, 0.717) is 149 Å². The van der Waals surface area contributed by atoms with Gasteiger partial charge in [-0.2, -0.15) is 0 Å². The van der Waals surface area contributed by atoms with Crippen LogP contribution in [0.2, 0.25) is 194 Å². The number of aldehydes is 3. The zero-order valence-corrected chi connectivity index (χ0v) is 88.1. The van der Waals surface area contributed by atoms with Gasteiger partial charge in [-0.3, -0.25) is 0 Å². The van der Waals surface area contributed by atoms with E-state index in [0.717, 1.165) is 134 Å². The number of carbonyl (C=O) groups excluding carboxylic acids is 3. The van der Waals surface area contributed by atoms with Crippen LogP contribution in [0, 0.1) is 0 Å². The Kier molecular flexibility index (Phi) is 54.1. The predicted octanol–water partition coefficient (Wildman–Crippen LogP) is 18.5. The van der Waals surface area contributed by atoms with Crippen LogP contribution in [0.15, 0.2) is 0 Å². The van der Waals surface area contributed by atoms with Gasteiger partial charge in [-0.15, -0.1) is 0 Å². The van der Waals surface area contributed by atoms with Gasteiger partial charge >= 0.3 is 103 Å². The summed E-state index contributed by atoms with van der Waals surface area (Å²) in [7, 11) is -40.1. The number of ether oxygens (including phenoxy) is 8. The second-order valence-corrected chi connectivity index (χ2v) is 88.1. The Bertz CT molecular complexity index is 2380. The van der Waals surface area contributed by atoms with Crippen LogP contribution in [0.5, 0.6) is 0 Å². The van der Waals surface area contributed by atoms with Crippen LogP contribution in [0.25, 0.3) is 0 Å². The largest absolute Gasteiger partial charge is 0.437 e. The smallest absolute Gasteiger partial charge is 0.317 e. The molecule has 1 aliphatic heterocycles. The Hall–Kier alpha value is 1.21. The highest BCUT2D eigenvalue weighted by Crippen LogP contribution is 2.38. The highest BCUT2D eigenvalue weighted by atomic mass is 28.5. The molecule has 0 aromatic heterocycles. The molecule has 0 amide bonds. The monoisotopic (exact) mass is 1790 g/mol. The van der Waals surface area contributed by atoms with E-state index in [4.69, 9.17) is 91.4 Å². The molecule has 0 spiro atoms. The van der Waals surface area contributed by atoms with Gasteiger partial charge in [0.05, 0.1) is 52.9 Å². The van der Waals surface area contributed by atoms with Crippen molar-refractivity contribution in [1.82, 2.24) is 0 Å². The van der Waals surface area contributed by atoms with E-state index in [1.807, 2.05) is 0 Å². The molecule has 0 radical (unpaired) electrons. The van der Waals surface area contributed by atoms with Crippen LogP contribution in [0.4, 0.5) is 0 Å². The number of epoxide rings is 1. The van der Waals surface area contributed by atoms with E-state index >= 15 is 0 Å². The van der Waals surface area contributed by atoms with E-state index in [1.54, 1.807) is 0 Å². The lowest BCUT2D eigenvalue weighted by molar-refractivity contribution is -0.108. The molecule has 648 valence electrons. The maximum atomic E-state index is 10.8. The third-order valence-corrected chi connectivity index (χ3v) is 71.8. The Balaban J connectivity index is 3.82. The van der Waals surface area contributed by atoms with E-state index in [1.165, 1.54) is 0 Å². The third kappa shape index (κ3) is 62.1. The van der Waals surface area contributed by atoms with Gasteiger partial charge < -0.3 is 106 Å². The average molecular weight is 1800 g/mol. The van der Waals surface area contributed by atoms with Gasteiger partial charge in [-0.1, -0.05) is 57.8 Å². The molecule has 1 heterocycles. The van der Waals surface area contributed by atoms with Crippen LogP contribution in [0.3, 0.4) is 0 Å². The van der Waals surface area contributed by atoms with E-state index in [9.17, 15) is 14.4 Å². The standard InChI is InChI=1S/C71H164O24Si14/c1-96(2,3)83-98(7,8)85-99(9,10)86-100(11,12)87-101(13,14)88-102(15,16)89-103(17,18)90-104(19,20)91-105(21,22)92-107(24,66-45-55-78-62-59-75-52-42-36-30-27-33-39-49-72)94-109(26,68-47-57-80-64-61-77-54-44-38-32-29-35-41-51-74)95-108(25,67-46-56-79-63-60-76-53-43-37-31-28-34-40-50-73)93-106(23,84-97(4,5)6)65-48-58-81-69-71-70-82-71/h49-51,71H,27-48,52-70H2,1-26H3. The van der Waals surface area contributed by atoms with Gasteiger partial charge in [0.25, 0.3) is 0 Å². The van der Waals surface area contributed by atoms with Crippen molar-refractivity contribution in [3.63, 3.8) is 0 Å². The van der Waals surface area contributed by atoms with Gasteiger partial charge in [0.2, 0.25) is 0 Å². The number of rotatable bonds is 77. The van der Waals surface area contributed by atoms with E-state index < -0.39 is 119 Å². The molecule has 0 aromatic rings. The fourth-order valence-corrected chi connectivity index (χ4v) is 86.6. The van der Waals surface area contributed by atoms with Crippen LogP contribution in [0.1, 0.15) is 141 Å². The van der Waals surface area contributed by atoms with Crippen molar-refractivity contribution >= 4 is 138 Å². The second-order valence-electron chi connectivity index (χ2n) is 35.6. The minimum absolute atomic E-state index is 0.176. The van der Waals surface area contributed by atoms with E-state index in [2.05, 4.69) is 170 Å². The van der Waals surface area contributed by atoms with Crippen molar-refractivity contribution in [2.45, 2.75) is 342 Å². The second kappa shape index (κ2) is 54.5. The molecule has 0 aromatic carbocycles. The molecule has 5 unspecified atom stereocenters. The Morgan fingerprint density at radius 1 is 0.229 bits per heavy atom. The number of carbonyl (C=O) groups is 3. The summed E-state index contributed by atoms with van der Waals surface area (Å²) in [6.07, 6.45) is 23.4. The fourth-order valence-electron chi connectivity index (χ4n) is 14.3. The summed E-state index contributed by atoms with van der Waals surface area (Å²) in [6.45, 7) is 63.8. The van der Waals surface area contributed by atoms with Crippen LogP contribution in [-0.2, 0) is 106 Å². The van der Waals surface area contributed by atoms with Crippen LogP contribution >= 0.6 is 0 Å². The molecular formula is C71H164O24Si14. The quantitative estimate of drug-likeness (QED) is 0.0237. The molecule has 5 atom stereocenters. The summed E-state index contributed by atoms with van der Waals surface area (Å²) in [5.74, 6) is 0. The van der Waals surface area contributed by atoms with Gasteiger partial charge in [-0.05, 0) is 259 Å². The average Bonchev–Trinajstić information content (AvgIpc) is 1.40. The lowest BCUT2D eigenvalue weighted by atomic mass is 10.1. The first kappa shape index (κ1) is 108. The summed E-state index contributed by atoms with van der Waals surface area (Å²) in [5.41, 5.74) is 0. The summed E-state index contributed by atoms with van der Waals surface area (Å²) in [4.78, 5) is 32.3.